The molecule has 2 aliphatic heterocycles. The molecule has 2 N–H and O–H groups in total. The zero-order valence-electron chi connectivity index (χ0n) is 20.9. The van der Waals surface area contributed by atoms with E-state index in [4.69, 9.17) is 14.2 Å². The zero-order chi connectivity index (χ0) is 25.7. The maximum absolute atomic E-state index is 13.3. The summed E-state index contributed by atoms with van der Waals surface area (Å²) in [6.07, 6.45) is 2.09. The number of ether oxygens (including phenoxy) is 3. The number of carbonyl (C=O) groups excluding carboxylic acids is 3. The molecule has 36 heavy (non-hydrogen) atoms. The van der Waals surface area contributed by atoms with Crippen molar-refractivity contribution in [2.75, 3.05) is 31.4 Å². The maximum atomic E-state index is 13.3. The molecule has 3 atom stereocenters. The Labute approximate surface area is 211 Å². The van der Waals surface area contributed by atoms with Gasteiger partial charge in [-0.15, -0.1) is 0 Å². The van der Waals surface area contributed by atoms with Gasteiger partial charge >= 0.3 is 0 Å². The Kier molecular flexibility index (Phi) is 8.10. The summed E-state index contributed by atoms with van der Waals surface area (Å²) in [5.41, 5.74) is 1.67. The van der Waals surface area contributed by atoms with Crippen molar-refractivity contribution in [1.82, 2.24) is 4.90 Å². The molecule has 2 aromatic carbocycles. The lowest BCUT2D eigenvalue weighted by Gasteiger charge is -2.42. The molecule has 0 bridgehead atoms. The molecule has 0 saturated carbocycles. The van der Waals surface area contributed by atoms with Crippen molar-refractivity contribution in [2.45, 2.75) is 57.3 Å². The van der Waals surface area contributed by atoms with E-state index in [1.807, 2.05) is 6.92 Å². The van der Waals surface area contributed by atoms with Crippen LogP contribution < -0.4 is 20.1 Å². The highest BCUT2D eigenvalue weighted by Gasteiger charge is 2.39. The fraction of sp³-hybridized carbons (Fsp3) is 0.444. The number of amides is 3. The van der Waals surface area contributed by atoms with Gasteiger partial charge in [-0.2, -0.15) is 0 Å². The van der Waals surface area contributed by atoms with Crippen LogP contribution in [0.15, 0.2) is 42.5 Å². The van der Waals surface area contributed by atoms with E-state index >= 15 is 0 Å². The molecule has 9 nitrogen and oxygen atoms in total. The van der Waals surface area contributed by atoms with Crippen LogP contribution in [0, 0.1) is 0 Å². The molecule has 1 fully saturated rings. The number of anilines is 2. The third kappa shape index (κ3) is 5.96. The lowest BCUT2D eigenvalue weighted by molar-refractivity contribution is -0.130. The number of nitrogens with one attached hydrogen (secondary N) is 2. The predicted octanol–water partition coefficient (Wildman–Crippen LogP) is 3.84. The first-order chi connectivity index (χ1) is 17.4. The van der Waals surface area contributed by atoms with Crippen LogP contribution in [0.3, 0.4) is 0 Å². The van der Waals surface area contributed by atoms with E-state index in [-0.39, 0.29) is 49.0 Å². The fourth-order valence-corrected chi connectivity index (χ4v) is 4.65. The Hall–Kier alpha value is -3.59. The highest BCUT2D eigenvalue weighted by molar-refractivity contribution is 5.99. The lowest BCUT2D eigenvalue weighted by atomic mass is 9.94. The molecule has 0 aliphatic carbocycles. The Morgan fingerprint density at radius 2 is 1.78 bits per heavy atom. The molecule has 4 rings (SSSR count). The molecule has 9 heteroatoms. The van der Waals surface area contributed by atoms with Crippen LogP contribution in [0.4, 0.5) is 11.4 Å². The Bertz CT molecular complexity index is 1100. The third-order valence-corrected chi connectivity index (χ3v) is 6.56. The number of hydrogen-bond acceptors (Lipinski definition) is 6. The van der Waals surface area contributed by atoms with Gasteiger partial charge in [-0.1, -0.05) is 6.92 Å². The van der Waals surface area contributed by atoms with E-state index < -0.39 is 0 Å². The van der Waals surface area contributed by atoms with Crippen molar-refractivity contribution in [2.24, 2.45) is 0 Å². The van der Waals surface area contributed by atoms with Gasteiger partial charge in [-0.25, -0.2) is 0 Å². The molecule has 3 amide bonds. The molecule has 0 unspecified atom stereocenters. The molecule has 0 spiro atoms. The summed E-state index contributed by atoms with van der Waals surface area (Å²) >= 11 is 0. The highest BCUT2D eigenvalue weighted by atomic mass is 16.5. The van der Waals surface area contributed by atoms with Gasteiger partial charge in [0.2, 0.25) is 11.8 Å². The SMILES string of the molecule is CCCC(=O)Nc1ccc2c(c1)C(=O)N(C)[C@H]1CC[C@H](CC(=O)Nc3ccc(OC)cc3)O[C@@H]1CO2. The van der Waals surface area contributed by atoms with Crippen LogP contribution in [0.5, 0.6) is 11.5 Å². The summed E-state index contributed by atoms with van der Waals surface area (Å²) in [5, 5.41) is 5.72. The van der Waals surface area contributed by atoms with E-state index in [9.17, 15) is 14.4 Å². The summed E-state index contributed by atoms with van der Waals surface area (Å²) in [7, 11) is 3.35. The van der Waals surface area contributed by atoms with E-state index in [1.165, 1.54) is 0 Å². The lowest BCUT2D eigenvalue weighted by Crippen LogP contribution is -2.53. The van der Waals surface area contributed by atoms with Gasteiger partial charge in [-0.3, -0.25) is 14.4 Å². The minimum absolute atomic E-state index is 0.0900. The number of methoxy groups -OCH3 is 1. The van der Waals surface area contributed by atoms with Crippen LogP contribution in [0.25, 0.3) is 0 Å². The Balaban J connectivity index is 1.40. The molecular formula is C27H33N3O6. The number of benzene rings is 2. The summed E-state index contributed by atoms with van der Waals surface area (Å²) in [6.45, 7) is 2.19. The van der Waals surface area contributed by atoms with E-state index in [0.717, 1.165) is 12.2 Å². The molecular weight excluding hydrogens is 462 g/mol. The number of fused-ring (bicyclic) bond motifs is 2. The molecule has 0 radical (unpaired) electrons. The third-order valence-electron chi connectivity index (χ3n) is 6.56. The summed E-state index contributed by atoms with van der Waals surface area (Å²) in [6, 6.07) is 12.1. The van der Waals surface area contributed by atoms with Crippen LogP contribution in [0.1, 0.15) is 49.4 Å². The molecule has 2 aromatic rings. The Morgan fingerprint density at radius 1 is 1.06 bits per heavy atom. The average molecular weight is 496 g/mol. The normalized spacial score (nSPS) is 21.2. The number of rotatable bonds is 7. The summed E-state index contributed by atoms with van der Waals surface area (Å²) < 4.78 is 17.4. The van der Waals surface area contributed by atoms with E-state index in [1.54, 1.807) is 61.5 Å². The van der Waals surface area contributed by atoms with Crippen LogP contribution in [0.2, 0.25) is 0 Å². The standard InChI is InChI=1S/C27H33N3O6/c1-4-5-25(31)29-18-8-13-23-21(14-18)27(33)30(2)22-12-11-20(36-24(22)16-35-23)15-26(32)28-17-6-9-19(34-3)10-7-17/h6-10,13-14,20,22,24H,4-5,11-12,15-16H2,1-3H3,(H,28,32)(H,29,31)/t20-,22+,24-/m1/s1. The molecule has 192 valence electrons. The molecule has 2 heterocycles. The summed E-state index contributed by atoms with van der Waals surface area (Å²) in [5.74, 6) is 0.750. The largest absolute Gasteiger partial charge is 0.497 e. The van der Waals surface area contributed by atoms with E-state index in [0.29, 0.717) is 42.0 Å². The first kappa shape index (κ1) is 25.5. The summed E-state index contributed by atoms with van der Waals surface area (Å²) in [4.78, 5) is 39.6. The van der Waals surface area contributed by atoms with Crippen molar-refractivity contribution < 1.29 is 28.6 Å². The van der Waals surface area contributed by atoms with Crippen LogP contribution in [-0.2, 0) is 14.3 Å². The van der Waals surface area contributed by atoms with Gasteiger partial charge in [0, 0.05) is 24.8 Å². The van der Waals surface area contributed by atoms with Crippen molar-refractivity contribution in [3.63, 3.8) is 0 Å². The smallest absolute Gasteiger partial charge is 0.257 e. The number of likely N-dealkylation sites (N-methyl/N-ethyl adjacent to an activating group) is 1. The molecule has 2 aliphatic rings. The highest BCUT2D eigenvalue weighted by Crippen LogP contribution is 2.32. The Morgan fingerprint density at radius 3 is 2.50 bits per heavy atom. The van der Waals surface area contributed by atoms with Gasteiger partial charge in [0.25, 0.3) is 5.91 Å². The second-order valence-electron chi connectivity index (χ2n) is 9.16. The van der Waals surface area contributed by atoms with Crippen molar-refractivity contribution >= 4 is 29.1 Å². The van der Waals surface area contributed by atoms with Gasteiger partial charge in [-0.05, 0) is 61.7 Å². The van der Waals surface area contributed by atoms with Crippen molar-refractivity contribution in [1.29, 1.82) is 0 Å². The van der Waals surface area contributed by atoms with Crippen molar-refractivity contribution in [3.8, 4) is 11.5 Å². The maximum Gasteiger partial charge on any atom is 0.257 e. The average Bonchev–Trinajstić information content (AvgIpc) is 2.87. The monoisotopic (exact) mass is 495 g/mol. The molecule has 1 saturated heterocycles. The van der Waals surface area contributed by atoms with Crippen LogP contribution in [-0.4, -0.2) is 61.6 Å². The number of hydrogen-bond donors (Lipinski definition) is 2. The quantitative estimate of drug-likeness (QED) is 0.605. The van der Waals surface area contributed by atoms with Gasteiger partial charge < -0.3 is 29.7 Å². The predicted molar refractivity (Wildman–Crippen MR) is 135 cm³/mol. The topological polar surface area (TPSA) is 106 Å². The fourth-order valence-electron chi connectivity index (χ4n) is 4.65. The first-order valence-corrected chi connectivity index (χ1v) is 12.3. The second kappa shape index (κ2) is 11.4. The van der Waals surface area contributed by atoms with Gasteiger partial charge in [0.1, 0.15) is 24.2 Å². The van der Waals surface area contributed by atoms with Gasteiger partial charge in [0.05, 0.1) is 31.2 Å². The van der Waals surface area contributed by atoms with Crippen LogP contribution >= 0.6 is 0 Å². The minimum Gasteiger partial charge on any atom is -0.497 e. The number of nitrogens with zero attached hydrogens (tertiary/aromatic N) is 1. The first-order valence-electron chi connectivity index (χ1n) is 12.3. The van der Waals surface area contributed by atoms with Gasteiger partial charge in [0.15, 0.2) is 0 Å². The van der Waals surface area contributed by atoms with E-state index in [2.05, 4.69) is 10.6 Å². The second-order valence-corrected chi connectivity index (χ2v) is 9.16. The minimum atomic E-state index is -0.358. The number of carbonyl (C=O) groups is 3. The zero-order valence-corrected chi connectivity index (χ0v) is 20.9. The van der Waals surface area contributed by atoms with Crippen molar-refractivity contribution in [3.05, 3.63) is 48.0 Å². The molecule has 0 aromatic heterocycles.